The van der Waals surface area contributed by atoms with E-state index in [1.54, 1.807) is 0 Å². The first-order valence-electron chi connectivity index (χ1n) is 6.75. The molecule has 0 amide bonds. The molecule has 0 spiro atoms. The SMILES string of the molecule is CCCC[N+](C)(CCCC)CCCC.Cl.[O]=[Al]. The van der Waals surface area contributed by atoms with Gasteiger partial charge in [0.25, 0.3) is 0 Å². The van der Waals surface area contributed by atoms with Gasteiger partial charge in [-0.1, -0.05) is 40.0 Å². The number of hydrogen-bond acceptors (Lipinski definition) is 1. The first-order valence-corrected chi connectivity index (χ1v) is 7.22. The van der Waals surface area contributed by atoms with Crippen molar-refractivity contribution in [3.05, 3.63) is 0 Å². The van der Waals surface area contributed by atoms with Gasteiger partial charge in [-0.3, -0.25) is 0 Å². The Kier molecular flexibility index (Phi) is 22.2. The summed E-state index contributed by atoms with van der Waals surface area (Å²) >= 11 is 1.17. The molecule has 0 N–H and O–H groups in total. The number of unbranched alkanes of at least 4 members (excludes halogenated alkanes) is 3. The zero-order chi connectivity index (χ0) is 12.9. The molecule has 0 aliphatic rings. The van der Waals surface area contributed by atoms with Gasteiger partial charge >= 0.3 is 20.0 Å². The van der Waals surface area contributed by atoms with Gasteiger partial charge in [-0.05, 0) is 19.3 Å². The fourth-order valence-electron chi connectivity index (χ4n) is 1.95. The third-order valence-corrected chi connectivity index (χ3v) is 3.15. The molecule has 1 radical (unpaired) electrons. The molecular weight excluding hydrogens is 249 g/mol. The topological polar surface area (TPSA) is 17.1 Å². The van der Waals surface area contributed by atoms with Crippen LogP contribution >= 0.6 is 12.4 Å². The van der Waals surface area contributed by atoms with Crippen LogP contribution in [0.15, 0.2) is 0 Å². The molecule has 0 aromatic carbocycles. The fraction of sp³-hybridized carbons (Fsp3) is 1.00. The van der Waals surface area contributed by atoms with Crippen LogP contribution in [0.2, 0.25) is 0 Å². The number of rotatable bonds is 9. The number of nitrogens with zero attached hydrogens (tertiary/aromatic N) is 1. The van der Waals surface area contributed by atoms with Crippen molar-refractivity contribution in [2.45, 2.75) is 59.3 Å². The predicted octanol–water partition coefficient (Wildman–Crippen LogP) is 3.76. The molecule has 4 heteroatoms. The van der Waals surface area contributed by atoms with E-state index in [1.165, 1.54) is 78.9 Å². The second kappa shape index (κ2) is 16.6. The van der Waals surface area contributed by atoms with E-state index in [0.29, 0.717) is 0 Å². The summed E-state index contributed by atoms with van der Waals surface area (Å²) in [5, 5.41) is 0. The van der Waals surface area contributed by atoms with Crippen molar-refractivity contribution in [1.29, 1.82) is 0 Å². The first-order chi connectivity index (χ1) is 7.68. The van der Waals surface area contributed by atoms with E-state index < -0.39 is 0 Å². The second-order valence-electron chi connectivity index (χ2n) is 4.85. The molecule has 0 saturated heterocycles. The summed E-state index contributed by atoms with van der Waals surface area (Å²) in [7, 11) is 2.45. The summed E-state index contributed by atoms with van der Waals surface area (Å²) < 4.78 is 9.48. The molecule has 0 bridgehead atoms. The third kappa shape index (κ3) is 14.5. The van der Waals surface area contributed by atoms with Gasteiger partial charge in [0.2, 0.25) is 0 Å². The maximum atomic E-state index is 8.17. The molecule has 103 valence electrons. The van der Waals surface area contributed by atoms with E-state index in [4.69, 9.17) is 3.80 Å². The van der Waals surface area contributed by atoms with Crippen LogP contribution in [0.5, 0.6) is 0 Å². The molecule has 0 fully saturated rings. The molecule has 0 saturated carbocycles. The Morgan fingerprint density at radius 2 is 1.00 bits per heavy atom. The van der Waals surface area contributed by atoms with Gasteiger partial charge in [0.05, 0.1) is 26.7 Å². The van der Waals surface area contributed by atoms with Gasteiger partial charge in [0.15, 0.2) is 0 Å². The van der Waals surface area contributed by atoms with Gasteiger partial charge in [-0.25, -0.2) is 0 Å². The number of hydrogen-bond donors (Lipinski definition) is 0. The second-order valence-corrected chi connectivity index (χ2v) is 4.85. The Bertz CT molecular complexity index is 126. The molecule has 0 aliphatic carbocycles. The first kappa shape index (κ1) is 22.7. The van der Waals surface area contributed by atoms with E-state index >= 15 is 0 Å². The molecule has 17 heavy (non-hydrogen) atoms. The van der Waals surface area contributed by atoms with Crippen LogP contribution in [-0.2, 0) is 3.80 Å². The van der Waals surface area contributed by atoms with Crippen LogP contribution in [0.1, 0.15) is 59.3 Å². The van der Waals surface area contributed by atoms with Crippen LogP contribution in [0, 0.1) is 0 Å². The molecule has 2 nitrogen and oxygen atoms in total. The summed E-state index contributed by atoms with van der Waals surface area (Å²) in [5.41, 5.74) is 0. The van der Waals surface area contributed by atoms with Crippen molar-refractivity contribution in [2.24, 2.45) is 0 Å². The molecule has 0 aliphatic heterocycles. The van der Waals surface area contributed by atoms with E-state index in [1.807, 2.05) is 0 Å². The average molecular weight is 280 g/mol. The van der Waals surface area contributed by atoms with Crippen molar-refractivity contribution in [2.75, 3.05) is 26.7 Å². The maximum absolute atomic E-state index is 8.17. The molecule has 0 rings (SSSR count). The Balaban J connectivity index is -0.000000616. The zero-order valence-corrected chi connectivity index (χ0v) is 14.2. The Hall–Kier alpha value is 0.582. The van der Waals surface area contributed by atoms with Gasteiger partial charge < -0.3 is 4.48 Å². The molecule has 0 aromatic heterocycles. The van der Waals surface area contributed by atoms with E-state index in [-0.39, 0.29) is 12.4 Å². The molecule has 0 aromatic rings. The molecule has 0 heterocycles. The van der Waals surface area contributed by atoms with Crippen LogP contribution < -0.4 is 0 Å². The van der Waals surface area contributed by atoms with E-state index in [9.17, 15) is 0 Å². The minimum atomic E-state index is 0. The summed E-state index contributed by atoms with van der Waals surface area (Å²) in [4.78, 5) is 0. The van der Waals surface area contributed by atoms with Crippen molar-refractivity contribution in [1.82, 2.24) is 0 Å². The van der Waals surface area contributed by atoms with Gasteiger partial charge in [-0.15, -0.1) is 12.4 Å². The van der Waals surface area contributed by atoms with Crippen molar-refractivity contribution >= 4 is 28.6 Å². The summed E-state index contributed by atoms with van der Waals surface area (Å²) in [6.07, 6.45) is 8.20. The van der Waals surface area contributed by atoms with Gasteiger partial charge in [-0.2, -0.15) is 0 Å². The fourth-order valence-corrected chi connectivity index (χ4v) is 1.95. The van der Waals surface area contributed by atoms with Crippen molar-refractivity contribution < 1.29 is 8.29 Å². The monoisotopic (exact) mass is 279 g/mol. The normalized spacial score (nSPS) is 10.1. The van der Waals surface area contributed by atoms with Gasteiger partial charge in [0.1, 0.15) is 0 Å². The zero-order valence-electron chi connectivity index (χ0n) is 12.2. The van der Waals surface area contributed by atoms with Crippen LogP contribution in [-0.4, -0.2) is 47.4 Å². The molecular formula is C13H31AlClNO+. The number of quaternary nitrogens is 1. The van der Waals surface area contributed by atoms with Gasteiger partial charge in [0, 0.05) is 0 Å². The van der Waals surface area contributed by atoms with E-state index in [2.05, 4.69) is 27.8 Å². The number of halogens is 1. The Labute approximate surface area is 123 Å². The predicted molar refractivity (Wildman–Crippen MR) is 79.2 cm³/mol. The van der Waals surface area contributed by atoms with Crippen LogP contribution in [0.25, 0.3) is 0 Å². The minimum absolute atomic E-state index is 0. The Morgan fingerprint density at radius 3 is 1.18 bits per heavy atom. The summed E-state index contributed by atoms with van der Waals surface area (Å²) in [6.45, 7) is 11.0. The van der Waals surface area contributed by atoms with E-state index in [0.717, 1.165) is 0 Å². The summed E-state index contributed by atoms with van der Waals surface area (Å²) in [5.74, 6) is 0. The molecule has 0 atom stereocenters. The summed E-state index contributed by atoms with van der Waals surface area (Å²) in [6, 6.07) is 0. The average Bonchev–Trinajstić information content (AvgIpc) is 2.34. The van der Waals surface area contributed by atoms with Crippen LogP contribution in [0.4, 0.5) is 0 Å². The Morgan fingerprint density at radius 1 is 0.765 bits per heavy atom. The van der Waals surface area contributed by atoms with Crippen molar-refractivity contribution in [3.63, 3.8) is 0 Å². The van der Waals surface area contributed by atoms with Crippen LogP contribution in [0.3, 0.4) is 0 Å². The third-order valence-electron chi connectivity index (χ3n) is 3.15. The molecule has 0 unspecified atom stereocenters. The quantitative estimate of drug-likeness (QED) is 0.464. The standard InChI is InChI=1S/C13H30N.Al.ClH.O/c1-5-8-11-14(4,12-9-6-2)13-10-7-3;;;/h5-13H2,1-4H3;;1H;/q+1;;;. The van der Waals surface area contributed by atoms with Crippen molar-refractivity contribution in [3.8, 4) is 0 Å².